The van der Waals surface area contributed by atoms with Crippen LogP contribution in [0.15, 0.2) is 5.11 Å². The second-order valence-corrected chi connectivity index (χ2v) is 2.72. The SMILES string of the molecule is [N-]=[N+]=N[C@H]1CO[C@H](CO)[C@@H](O)C1. The van der Waals surface area contributed by atoms with Gasteiger partial charge in [-0.1, -0.05) is 5.11 Å². The normalized spacial score (nSPS) is 35.7. The molecule has 1 heterocycles. The fourth-order valence-corrected chi connectivity index (χ4v) is 1.17. The van der Waals surface area contributed by atoms with Crippen LogP contribution in [0.1, 0.15) is 6.42 Å². The predicted octanol–water partition coefficient (Wildman–Crippen LogP) is -0.193. The lowest BCUT2D eigenvalue weighted by Gasteiger charge is -2.29. The average Bonchev–Trinajstić information content (AvgIpc) is 2.05. The molecule has 6 nitrogen and oxygen atoms in total. The van der Waals surface area contributed by atoms with Gasteiger partial charge in [0.2, 0.25) is 0 Å². The molecule has 0 unspecified atom stereocenters. The molecule has 0 aliphatic carbocycles. The van der Waals surface area contributed by atoms with Crippen LogP contribution in [0.5, 0.6) is 0 Å². The highest BCUT2D eigenvalue weighted by Crippen LogP contribution is 2.16. The van der Waals surface area contributed by atoms with Gasteiger partial charge in [0.05, 0.1) is 25.4 Å². The summed E-state index contributed by atoms with van der Waals surface area (Å²) >= 11 is 0. The maximum Gasteiger partial charge on any atom is 0.106 e. The van der Waals surface area contributed by atoms with Gasteiger partial charge in [-0.15, -0.1) is 0 Å². The van der Waals surface area contributed by atoms with Crippen molar-refractivity contribution in [2.24, 2.45) is 5.11 Å². The minimum atomic E-state index is -0.737. The first kappa shape index (κ1) is 9.28. The molecule has 1 aliphatic heterocycles. The molecule has 1 aliphatic rings. The molecule has 6 heteroatoms. The van der Waals surface area contributed by atoms with Crippen molar-refractivity contribution in [1.82, 2.24) is 0 Å². The van der Waals surface area contributed by atoms with Crippen LogP contribution in [-0.4, -0.2) is 41.7 Å². The quantitative estimate of drug-likeness (QED) is 0.344. The molecule has 0 aromatic rings. The van der Waals surface area contributed by atoms with Crippen molar-refractivity contribution < 1.29 is 14.9 Å². The van der Waals surface area contributed by atoms with Gasteiger partial charge in [0, 0.05) is 4.91 Å². The van der Waals surface area contributed by atoms with Gasteiger partial charge >= 0.3 is 0 Å². The number of hydrogen-bond acceptors (Lipinski definition) is 4. The summed E-state index contributed by atoms with van der Waals surface area (Å²) in [5, 5.41) is 21.4. The third kappa shape index (κ3) is 2.09. The Bertz CT molecular complexity index is 192. The van der Waals surface area contributed by atoms with Gasteiger partial charge in [-0.25, -0.2) is 0 Å². The Morgan fingerprint density at radius 1 is 1.67 bits per heavy atom. The molecule has 0 aromatic heterocycles. The topological polar surface area (TPSA) is 98.5 Å². The zero-order chi connectivity index (χ0) is 8.97. The summed E-state index contributed by atoms with van der Waals surface area (Å²) in [5.74, 6) is 0. The second-order valence-electron chi connectivity index (χ2n) is 2.72. The van der Waals surface area contributed by atoms with E-state index in [2.05, 4.69) is 10.0 Å². The molecule has 0 aromatic carbocycles. The van der Waals surface area contributed by atoms with Crippen LogP contribution in [0.4, 0.5) is 0 Å². The van der Waals surface area contributed by atoms with Crippen LogP contribution >= 0.6 is 0 Å². The standard InChI is InChI=1S/C6H11N3O3/c7-9-8-4-1-5(11)6(2-10)12-3-4/h4-6,10-11H,1-3H2/t4-,5+,6-/m1/s1. The van der Waals surface area contributed by atoms with Crippen molar-refractivity contribution in [3.8, 4) is 0 Å². The maximum absolute atomic E-state index is 9.30. The third-order valence-electron chi connectivity index (χ3n) is 1.84. The molecule has 1 fully saturated rings. The summed E-state index contributed by atoms with van der Waals surface area (Å²) in [4.78, 5) is 2.62. The molecule has 2 N–H and O–H groups in total. The number of ether oxygens (including phenoxy) is 1. The van der Waals surface area contributed by atoms with Gasteiger partial charge in [-0.05, 0) is 12.0 Å². The molecular weight excluding hydrogens is 162 g/mol. The highest BCUT2D eigenvalue weighted by Gasteiger charge is 2.28. The van der Waals surface area contributed by atoms with Gasteiger partial charge in [0.1, 0.15) is 6.10 Å². The number of aliphatic hydroxyl groups is 2. The molecule has 3 atom stereocenters. The fraction of sp³-hybridized carbons (Fsp3) is 1.00. The van der Waals surface area contributed by atoms with Crippen molar-refractivity contribution >= 4 is 0 Å². The largest absolute Gasteiger partial charge is 0.394 e. The average molecular weight is 173 g/mol. The van der Waals surface area contributed by atoms with Crippen LogP contribution in [0.25, 0.3) is 10.4 Å². The van der Waals surface area contributed by atoms with E-state index in [1.54, 1.807) is 0 Å². The minimum Gasteiger partial charge on any atom is -0.394 e. The van der Waals surface area contributed by atoms with Crippen LogP contribution in [0.3, 0.4) is 0 Å². The number of rotatable bonds is 2. The minimum absolute atomic E-state index is 0.204. The molecule has 0 radical (unpaired) electrons. The van der Waals surface area contributed by atoms with Crippen molar-refractivity contribution in [3.63, 3.8) is 0 Å². The van der Waals surface area contributed by atoms with Crippen LogP contribution in [-0.2, 0) is 4.74 Å². The Labute approximate surface area is 69.4 Å². The Kier molecular flexibility index (Phi) is 3.31. The monoisotopic (exact) mass is 173 g/mol. The van der Waals surface area contributed by atoms with E-state index in [0.29, 0.717) is 6.42 Å². The van der Waals surface area contributed by atoms with Crippen molar-refractivity contribution in [2.75, 3.05) is 13.2 Å². The fourth-order valence-electron chi connectivity index (χ4n) is 1.17. The Balaban J connectivity index is 2.45. The summed E-state index contributed by atoms with van der Waals surface area (Å²) in [5.41, 5.74) is 8.10. The summed E-state index contributed by atoms with van der Waals surface area (Å²) in [7, 11) is 0. The molecular formula is C6H11N3O3. The van der Waals surface area contributed by atoms with Gasteiger partial charge in [-0.2, -0.15) is 0 Å². The van der Waals surface area contributed by atoms with E-state index in [1.165, 1.54) is 0 Å². The number of nitrogens with zero attached hydrogens (tertiary/aromatic N) is 3. The van der Waals surface area contributed by atoms with Crippen LogP contribution in [0, 0.1) is 0 Å². The highest BCUT2D eigenvalue weighted by atomic mass is 16.5. The maximum atomic E-state index is 9.30. The number of aliphatic hydroxyl groups excluding tert-OH is 2. The zero-order valence-corrected chi connectivity index (χ0v) is 6.50. The second kappa shape index (κ2) is 4.27. The van der Waals surface area contributed by atoms with Crippen molar-refractivity contribution in [1.29, 1.82) is 0 Å². The van der Waals surface area contributed by atoms with E-state index in [4.69, 9.17) is 15.4 Å². The lowest BCUT2D eigenvalue weighted by Crippen LogP contribution is -2.42. The van der Waals surface area contributed by atoms with Gasteiger partial charge in [-0.3, -0.25) is 0 Å². The van der Waals surface area contributed by atoms with E-state index < -0.39 is 12.2 Å². The molecule has 0 amide bonds. The lowest BCUT2D eigenvalue weighted by molar-refractivity contribution is -0.101. The van der Waals surface area contributed by atoms with Crippen molar-refractivity contribution in [3.05, 3.63) is 10.4 Å². The summed E-state index contributed by atoms with van der Waals surface area (Å²) in [6.07, 6.45) is -0.913. The molecule has 0 spiro atoms. The number of hydrogen-bond donors (Lipinski definition) is 2. The molecule has 1 rings (SSSR count). The van der Waals surface area contributed by atoms with Crippen LogP contribution in [0.2, 0.25) is 0 Å². The smallest absolute Gasteiger partial charge is 0.106 e. The Morgan fingerprint density at radius 2 is 2.42 bits per heavy atom. The Hall–Kier alpha value is -0.810. The molecule has 68 valence electrons. The molecule has 12 heavy (non-hydrogen) atoms. The van der Waals surface area contributed by atoms with E-state index >= 15 is 0 Å². The van der Waals surface area contributed by atoms with Gasteiger partial charge in [0.25, 0.3) is 0 Å². The first-order valence-corrected chi connectivity index (χ1v) is 3.72. The van der Waals surface area contributed by atoms with Gasteiger partial charge in [0.15, 0.2) is 0 Å². The first-order chi connectivity index (χ1) is 5.77. The summed E-state index contributed by atoms with van der Waals surface area (Å²) in [6.45, 7) is 0.0660. The predicted molar refractivity (Wildman–Crippen MR) is 40.4 cm³/mol. The molecule has 0 saturated carbocycles. The van der Waals surface area contributed by atoms with Crippen molar-refractivity contribution in [2.45, 2.75) is 24.7 Å². The molecule has 1 saturated heterocycles. The summed E-state index contributed by atoms with van der Waals surface area (Å²) in [6, 6.07) is -0.312. The van der Waals surface area contributed by atoms with Gasteiger partial charge < -0.3 is 14.9 Å². The summed E-state index contributed by atoms with van der Waals surface area (Å²) < 4.78 is 5.04. The van der Waals surface area contributed by atoms with E-state index in [0.717, 1.165) is 0 Å². The van der Waals surface area contributed by atoms with E-state index in [1.807, 2.05) is 0 Å². The number of azide groups is 1. The third-order valence-corrected chi connectivity index (χ3v) is 1.84. The van der Waals surface area contributed by atoms with Crippen LogP contribution < -0.4 is 0 Å². The highest BCUT2D eigenvalue weighted by molar-refractivity contribution is 4.81. The van der Waals surface area contributed by atoms with E-state index in [9.17, 15) is 5.11 Å². The zero-order valence-electron chi connectivity index (χ0n) is 6.50. The molecule has 0 bridgehead atoms. The Morgan fingerprint density at radius 3 is 2.92 bits per heavy atom. The van der Waals surface area contributed by atoms with E-state index in [-0.39, 0.29) is 19.3 Å². The lowest BCUT2D eigenvalue weighted by atomic mass is 10.0. The first-order valence-electron chi connectivity index (χ1n) is 3.72.